The summed E-state index contributed by atoms with van der Waals surface area (Å²) >= 11 is 1.32. The second-order valence-electron chi connectivity index (χ2n) is 2.70. The number of carbonyl (C=O) groups excluding carboxylic acids is 1. The third-order valence-electron chi connectivity index (χ3n) is 1.70. The summed E-state index contributed by atoms with van der Waals surface area (Å²) in [4.78, 5) is 11.7. The molecular weight excluding hydrogens is 205 g/mol. The number of ether oxygens (including phenoxy) is 1. The van der Waals surface area contributed by atoms with E-state index in [1.165, 1.54) is 11.3 Å². The molecule has 3 nitrogen and oxygen atoms in total. The number of rotatable bonds is 4. The van der Waals surface area contributed by atoms with Gasteiger partial charge in [0.1, 0.15) is 0 Å². The largest absolute Gasteiger partial charge is 0.464 e. The van der Waals surface area contributed by atoms with Gasteiger partial charge in [-0.25, -0.2) is 9.18 Å². The average molecular weight is 217 g/mol. The SMILES string of the molecule is CCOC(=O)C(F)[C@@H](N)c1cccs1. The number of halogens is 1. The molecule has 78 valence electrons. The van der Waals surface area contributed by atoms with Gasteiger partial charge in [0.15, 0.2) is 0 Å². The van der Waals surface area contributed by atoms with E-state index in [-0.39, 0.29) is 6.61 Å². The van der Waals surface area contributed by atoms with Gasteiger partial charge < -0.3 is 10.5 Å². The molecule has 0 spiro atoms. The fourth-order valence-corrected chi connectivity index (χ4v) is 1.74. The Bertz CT molecular complexity index is 289. The van der Waals surface area contributed by atoms with Crippen LogP contribution in [0, 0.1) is 0 Å². The predicted molar refractivity (Wildman–Crippen MR) is 52.8 cm³/mol. The number of thiophene rings is 1. The molecule has 0 aliphatic carbocycles. The highest BCUT2D eigenvalue weighted by atomic mass is 32.1. The molecule has 0 aliphatic heterocycles. The van der Waals surface area contributed by atoms with E-state index >= 15 is 0 Å². The van der Waals surface area contributed by atoms with Gasteiger partial charge in [0, 0.05) is 4.88 Å². The van der Waals surface area contributed by atoms with Crippen LogP contribution in [0.1, 0.15) is 17.8 Å². The molecule has 0 saturated heterocycles. The fraction of sp³-hybridized carbons (Fsp3) is 0.444. The van der Waals surface area contributed by atoms with Gasteiger partial charge in [-0.15, -0.1) is 11.3 Å². The maximum atomic E-state index is 13.3. The Morgan fingerprint density at radius 2 is 2.50 bits per heavy atom. The molecule has 0 radical (unpaired) electrons. The van der Waals surface area contributed by atoms with Crippen molar-refractivity contribution >= 4 is 17.3 Å². The number of hydrogen-bond acceptors (Lipinski definition) is 4. The summed E-state index contributed by atoms with van der Waals surface area (Å²) in [5.41, 5.74) is 5.55. The molecule has 1 aromatic rings. The standard InChI is InChI=1S/C9H12FNO2S/c1-2-13-9(12)7(10)8(11)6-4-3-5-14-6/h3-5,7-8H,2,11H2,1H3/t7?,8-/m0/s1. The van der Waals surface area contributed by atoms with E-state index in [1.807, 2.05) is 0 Å². The topological polar surface area (TPSA) is 52.3 Å². The smallest absolute Gasteiger partial charge is 0.342 e. The van der Waals surface area contributed by atoms with Gasteiger partial charge in [0.2, 0.25) is 6.17 Å². The van der Waals surface area contributed by atoms with Gasteiger partial charge in [0.25, 0.3) is 0 Å². The van der Waals surface area contributed by atoms with Crippen LogP contribution in [0.25, 0.3) is 0 Å². The van der Waals surface area contributed by atoms with Gasteiger partial charge in [-0.3, -0.25) is 0 Å². The minimum Gasteiger partial charge on any atom is -0.464 e. The number of alkyl halides is 1. The highest BCUT2D eigenvalue weighted by molar-refractivity contribution is 7.10. The van der Waals surface area contributed by atoms with E-state index in [4.69, 9.17) is 5.73 Å². The zero-order chi connectivity index (χ0) is 10.6. The zero-order valence-electron chi connectivity index (χ0n) is 7.77. The lowest BCUT2D eigenvalue weighted by Crippen LogP contribution is -2.30. The van der Waals surface area contributed by atoms with Crippen molar-refractivity contribution in [2.75, 3.05) is 6.61 Å². The quantitative estimate of drug-likeness (QED) is 0.780. The first-order valence-corrected chi connectivity index (χ1v) is 5.14. The lowest BCUT2D eigenvalue weighted by Gasteiger charge is -2.13. The Balaban J connectivity index is 2.61. The van der Waals surface area contributed by atoms with Crippen molar-refractivity contribution in [1.29, 1.82) is 0 Å². The van der Waals surface area contributed by atoms with Crippen LogP contribution in [0.4, 0.5) is 4.39 Å². The molecule has 2 atom stereocenters. The number of esters is 1. The monoisotopic (exact) mass is 217 g/mol. The Kier molecular flexibility index (Phi) is 4.03. The Morgan fingerprint density at radius 3 is 3.00 bits per heavy atom. The molecule has 0 amide bonds. The fourth-order valence-electron chi connectivity index (χ4n) is 0.994. The van der Waals surface area contributed by atoms with E-state index in [2.05, 4.69) is 4.74 Å². The Hall–Kier alpha value is -0.940. The number of carbonyl (C=O) groups is 1. The van der Waals surface area contributed by atoms with Crippen LogP contribution in [0.2, 0.25) is 0 Å². The lowest BCUT2D eigenvalue weighted by molar-refractivity contribution is -0.149. The van der Waals surface area contributed by atoms with Gasteiger partial charge in [-0.2, -0.15) is 0 Å². The summed E-state index contributed by atoms with van der Waals surface area (Å²) in [5.74, 6) is -0.895. The first kappa shape index (κ1) is 11.1. The third-order valence-corrected chi connectivity index (χ3v) is 2.67. The van der Waals surface area contributed by atoms with Crippen LogP contribution in [-0.4, -0.2) is 18.7 Å². The summed E-state index contributed by atoms with van der Waals surface area (Å²) in [6.45, 7) is 1.79. The number of nitrogens with two attached hydrogens (primary N) is 1. The van der Waals surface area contributed by atoms with Crippen LogP contribution in [0.5, 0.6) is 0 Å². The van der Waals surface area contributed by atoms with Gasteiger partial charge in [-0.05, 0) is 18.4 Å². The Morgan fingerprint density at radius 1 is 1.79 bits per heavy atom. The highest BCUT2D eigenvalue weighted by Crippen LogP contribution is 2.22. The minimum absolute atomic E-state index is 0.163. The third kappa shape index (κ3) is 2.52. The maximum absolute atomic E-state index is 13.3. The van der Waals surface area contributed by atoms with Crippen molar-refractivity contribution in [3.63, 3.8) is 0 Å². The van der Waals surface area contributed by atoms with E-state index < -0.39 is 18.2 Å². The van der Waals surface area contributed by atoms with Crippen molar-refractivity contribution in [3.05, 3.63) is 22.4 Å². The molecular formula is C9H12FNO2S. The molecule has 14 heavy (non-hydrogen) atoms. The minimum atomic E-state index is -1.78. The average Bonchev–Trinajstić information content (AvgIpc) is 2.68. The van der Waals surface area contributed by atoms with Crippen LogP contribution in [-0.2, 0) is 9.53 Å². The molecule has 5 heteroatoms. The van der Waals surface area contributed by atoms with E-state index in [0.717, 1.165) is 0 Å². The van der Waals surface area contributed by atoms with E-state index in [0.29, 0.717) is 4.88 Å². The molecule has 0 bridgehead atoms. The molecule has 0 saturated carbocycles. The van der Waals surface area contributed by atoms with Crippen LogP contribution < -0.4 is 5.73 Å². The van der Waals surface area contributed by atoms with Crippen molar-refractivity contribution in [2.24, 2.45) is 5.73 Å². The van der Waals surface area contributed by atoms with Crippen LogP contribution in [0.15, 0.2) is 17.5 Å². The summed E-state index contributed by atoms with van der Waals surface area (Å²) < 4.78 is 17.9. The van der Waals surface area contributed by atoms with Crippen molar-refractivity contribution in [1.82, 2.24) is 0 Å². The van der Waals surface area contributed by atoms with Gasteiger partial charge in [0.05, 0.1) is 12.6 Å². The first-order chi connectivity index (χ1) is 6.66. The van der Waals surface area contributed by atoms with Gasteiger partial charge in [-0.1, -0.05) is 6.07 Å². The molecule has 1 aromatic heterocycles. The molecule has 0 aliphatic rings. The normalized spacial score (nSPS) is 14.8. The first-order valence-electron chi connectivity index (χ1n) is 4.26. The molecule has 0 aromatic carbocycles. The van der Waals surface area contributed by atoms with Crippen molar-refractivity contribution < 1.29 is 13.9 Å². The molecule has 1 rings (SSSR count). The zero-order valence-corrected chi connectivity index (χ0v) is 8.59. The summed E-state index contributed by atoms with van der Waals surface area (Å²) in [7, 11) is 0. The maximum Gasteiger partial charge on any atom is 0.342 e. The van der Waals surface area contributed by atoms with Crippen LogP contribution in [0.3, 0.4) is 0 Å². The predicted octanol–water partition coefficient (Wildman–Crippen LogP) is 1.65. The van der Waals surface area contributed by atoms with Crippen molar-refractivity contribution in [3.8, 4) is 0 Å². The Labute approximate surface area is 85.7 Å². The summed E-state index contributed by atoms with van der Waals surface area (Å²) in [5, 5.41) is 1.78. The lowest BCUT2D eigenvalue weighted by atomic mass is 10.1. The van der Waals surface area contributed by atoms with E-state index in [9.17, 15) is 9.18 Å². The van der Waals surface area contributed by atoms with Gasteiger partial charge >= 0.3 is 5.97 Å². The molecule has 2 N–H and O–H groups in total. The molecule has 0 fully saturated rings. The van der Waals surface area contributed by atoms with E-state index in [1.54, 1.807) is 24.4 Å². The van der Waals surface area contributed by atoms with Crippen molar-refractivity contribution in [2.45, 2.75) is 19.1 Å². The molecule has 1 unspecified atom stereocenters. The second kappa shape index (κ2) is 5.07. The van der Waals surface area contributed by atoms with Crippen LogP contribution >= 0.6 is 11.3 Å². The number of hydrogen-bond donors (Lipinski definition) is 1. The highest BCUT2D eigenvalue weighted by Gasteiger charge is 2.28. The molecule has 1 heterocycles. The summed E-state index contributed by atoms with van der Waals surface area (Å²) in [6, 6.07) is 2.54. The second-order valence-corrected chi connectivity index (χ2v) is 3.67. The summed E-state index contributed by atoms with van der Waals surface area (Å²) in [6.07, 6.45) is -1.78.